The molecule has 0 aromatic rings. The largest absolute Gasteiger partial charge is 0.327 e. The quantitative estimate of drug-likeness (QED) is 0.655. The Bertz CT molecular complexity index is 124. The highest BCUT2D eigenvalue weighted by molar-refractivity contribution is 4.84. The molecule has 0 aliphatic rings. The van der Waals surface area contributed by atoms with E-state index in [1.165, 1.54) is 0 Å². The van der Waals surface area contributed by atoms with Crippen molar-refractivity contribution in [3.05, 3.63) is 0 Å². The maximum Gasteiger partial charge on any atom is 0.327 e. The molecule has 0 bridgehead atoms. The molecule has 0 aliphatic heterocycles. The van der Waals surface area contributed by atoms with Crippen LogP contribution in [0.2, 0.25) is 0 Å². The van der Waals surface area contributed by atoms with Crippen molar-refractivity contribution >= 4 is 0 Å². The fourth-order valence-electron chi connectivity index (χ4n) is 0.313. The number of nitrogens with two attached hydrogens (primary N) is 1. The summed E-state index contributed by atoms with van der Waals surface area (Å²) in [4.78, 5) is 0. The second-order valence-corrected chi connectivity index (χ2v) is 1.84. The van der Waals surface area contributed by atoms with E-state index >= 15 is 0 Å². The van der Waals surface area contributed by atoms with Gasteiger partial charge >= 0.3 is 12.3 Å². The summed E-state index contributed by atoms with van der Waals surface area (Å²) < 4.78 is 68.9. The van der Waals surface area contributed by atoms with Crippen LogP contribution in [0.25, 0.3) is 0 Å². The van der Waals surface area contributed by atoms with Gasteiger partial charge in [0.2, 0.25) is 0 Å². The van der Waals surface area contributed by atoms with Crippen LogP contribution in [0.3, 0.4) is 0 Å². The van der Waals surface area contributed by atoms with Crippen LogP contribution >= 0.6 is 0 Å². The van der Waals surface area contributed by atoms with E-state index in [4.69, 9.17) is 0 Å². The summed E-state index contributed by atoms with van der Waals surface area (Å²) in [6, 6.07) is -3.11. The van der Waals surface area contributed by atoms with Crippen LogP contribution in [0.4, 0.5) is 26.3 Å². The Morgan fingerprint density at radius 1 is 1.00 bits per heavy atom. The van der Waals surface area contributed by atoms with Gasteiger partial charge in [-0.2, -0.15) is 8.78 Å². The fourth-order valence-corrected chi connectivity index (χ4v) is 0.313. The average molecular weight is 181 g/mol. The van der Waals surface area contributed by atoms with Crippen molar-refractivity contribution in [3.8, 4) is 0 Å². The summed E-state index contributed by atoms with van der Waals surface area (Å²) in [5.41, 5.74) is 4.12. The molecular weight excluding hydrogens is 176 g/mol. The van der Waals surface area contributed by atoms with E-state index in [9.17, 15) is 26.3 Å². The maximum atomic E-state index is 11.8. The van der Waals surface area contributed by atoms with Gasteiger partial charge in [0.1, 0.15) is 6.04 Å². The summed E-state index contributed by atoms with van der Waals surface area (Å²) in [5.74, 6) is -4.83. The zero-order valence-corrected chi connectivity index (χ0v) is 5.08. The molecular formula is C4H5F6N. The summed E-state index contributed by atoms with van der Waals surface area (Å²) in [6.07, 6.45) is -7.81. The van der Waals surface area contributed by atoms with E-state index in [0.717, 1.165) is 0 Å². The molecule has 0 fully saturated rings. The van der Waals surface area contributed by atoms with E-state index in [2.05, 4.69) is 5.73 Å². The minimum absolute atomic E-state index is 3.11. The lowest BCUT2D eigenvalue weighted by atomic mass is 10.2. The topological polar surface area (TPSA) is 26.0 Å². The molecule has 0 spiro atoms. The first-order valence-electron chi connectivity index (χ1n) is 2.49. The van der Waals surface area contributed by atoms with Crippen LogP contribution < -0.4 is 5.73 Å². The minimum atomic E-state index is -4.83. The molecule has 0 aliphatic carbocycles. The monoisotopic (exact) mass is 181 g/mol. The maximum absolute atomic E-state index is 11.8. The second-order valence-electron chi connectivity index (χ2n) is 1.84. The summed E-state index contributed by atoms with van der Waals surface area (Å²) in [6.45, 7) is 0. The smallest absolute Gasteiger partial charge is 0.318 e. The van der Waals surface area contributed by atoms with Crippen molar-refractivity contribution in [3.63, 3.8) is 0 Å². The summed E-state index contributed by atoms with van der Waals surface area (Å²) in [5, 5.41) is 0. The predicted octanol–water partition coefficient (Wildman–Crippen LogP) is 1.48. The van der Waals surface area contributed by atoms with Gasteiger partial charge in [0, 0.05) is 0 Å². The van der Waals surface area contributed by atoms with E-state index < -0.39 is 24.8 Å². The van der Waals surface area contributed by atoms with Crippen molar-refractivity contribution in [1.29, 1.82) is 0 Å². The van der Waals surface area contributed by atoms with Crippen molar-refractivity contribution in [2.45, 2.75) is 24.8 Å². The molecule has 0 aromatic carbocycles. The molecule has 1 nitrogen and oxygen atoms in total. The van der Waals surface area contributed by atoms with Gasteiger partial charge in [-0.15, -0.1) is 0 Å². The molecule has 0 rings (SSSR count). The highest BCUT2D eigenvalue weighted by atomic mass is 19.3. The van der Waals surface area contributed by atoms with Crippen LogP contribution in [0, 0.1) is 0 Å². The number of halogens is 6. The molecule has 0 heterocycles. The Morgan fingerprint density at radius 2 is 1.36 bits per heavy atom. The fraction of sp³-hybridized carbons (Fsp3) is 1.00. The van der Waals surface area contributed by atoms with E-state index in [1.807, 2.05) is 0 Å². The van der Waals surface area contributed by atoms with Crippen molar-refractivity contribution in [2.75, 3.05) is 0 Å². The molecule has 11 heavy (non-hydrogen) atoms. The van der Waals surface area contributed by atoms with Crippen molar-refractivity contribution in [1.82, 2.24) is 0 Å². The third kappa shape index (κ3) is 2.25. The molecule has 2 N–H and O–H groups in total. The molecule has 0 saturated heterocycles. The lowest BCUT2D eigenvalue weighted by Gasteiger charge is -2.21. The molecule has 68 valence electrons. The first kappa shape index (κ1) is 10.5. The SMILES string of the molecule is NC(C(F)F)C(F)(F)C(F)F. The predicted molar refractivity (Wildman–Crippen MR) is 24.9 cm³/mol. The lowest BCUT2D eigenvalue weighted by Crippen LogP contribution is -2.50. The van der Waals surface area contributed by atoms with Crippen LogP contribution in [-0.2, 0) is 0 Å². The van der Waals surface area contributed by atoms with Crippen LogP contribution in [0.5, 0.6) is 0 Å². The number of rotatable bonds is 3. The van der Waals surface area contributed by atoms with Gasteiger partial charge in [-0.05, 0) is 0 Å². The second kappa shape index (κ2) is 3.29. The molecule has 0 amide bonds. The first-order valence-corrected chi connectivity index (χ1v) is 2.49. The van der Waals surface area contributed by atoms with Crippen LogP contribution in [-0.4, -0.2) is 24.8 Å². The molecule has 7 heteroatoms. The third-order valence-electron chi connectivity index (χ3n) is 1.01. The van der Waals surface area contributed by atoms with Gasteiger partial charge in [0.25, 0.3) is 6.43 Å². The van der Waals surface area contributed by atoms with Crippen LogP contribution in [0.1, 0.15) is 0 Å². The van der Waals surface area contributed by atoms with Gasteiger partial charge in [0.05, 0.1) is 0 Å². The molecule has 1 atom stereocenters. The minimum Gasteiger partial charge on any atom is -0.318 e. The molecule has 1 unspecified atom stereocenters. The van der Waals surface area contributed by atoms with Gasteiger partial charge in [-0.1, -0.05) is 0 Å². The Labute approximate surface area is 58.2 Å². The van der Waals surface area contributed by atoms with E-state index in [-0.39, 0.29) is 0 Å². The Balaban J connectivity index is 4.29. The number of hydrogen-bond donors (Lipinski definition) is 1. The lowest BCUT2D eigenvalue weighted by molar-refractivity contribution is -0.166. The first-order chi connectivity index (χ1) is 4.80. The van der Waals surface area contributed by atoms with E-state index in [0.29, 0.717) is 0 Å². The highest BCUT2D eigenvalue weighted by Crippen LogP contribution is 2.28. The zero-order chi connectivity index (χ0) is 9.23. The Morgan fingerprint density at radius 3 is 1.45 bits per heavy atom. The number of hydrogen-bond acceptors (Lipinski definition) is 1. The van der Waals surface area contributed by atoms with E-state index in [1.54, 1.807) is 0 Å². The van der Waals surface area contributed by atoms with Crippen molar-refractivity contribution < 1.29 is 26.3 Å². The normalized spacial score (nSPS) is 16.1. The third-order valence-corrected chi connectivity index (χ3v) is 1.01. The molecule has 0 aromatic heterocycles. The Kier molecular flexibility index (Phi) is 3.15. The average Bonchev–Trinajstić information content (AvgIpc) is 1.85. The highest BCUT2D eigenvalue weighted by Gasteiger charge is 2.50. The van der Waals surface area contributed by atoms with Gasteiger partial charge in [-0.25, -0.2) is 17.6 Å². The van der Waals surface area contributed by atoms with Crippen molar-refractivity contribution in [2.24, 2.45) is 5.73 Å². The molecule has 0 saturated carbocycles. The number of alkyl halides is 6. The standard InChI is InChI=1S/C4H5F6N/c5-2(6)1(11)4(9,10)3(7)8/h1-3H,11H2. The zero-order valence-electron chi connectivity index (χ0n) is 5.08. The van der Waals surface area contributed by atoms with Gasteiger partial charge in [0.15, 0.2) is 0 Å². The summed E-state index contributed by atoms with van der Waals surface area (Å²) >= 11 is 0. The van der Waals surface area contributed by atoms with Crippen LogP contribution in [0.15, 0.2) is 0 Å². The Hall–Kier alpha value is -0.460. The summed E-state index contributed by atoms with van der Waals surface area (Å²) in [7, 11) is 0. The molecule has 0 radical (unpaired) electrons. The van der Waals surface area contributed by atoms with Gasteiger partial charge in [-0.3, -0.25) is 0 Å². The van der Waals surface area contributed by atoms with Gasteiger partial charge < -0.3 is 5.73 Å².